The van der Waals surface area contributed by atoms with Crippen LogP contribution in [0.4, 0.5) is 4.79 Å². The van der Waals surface area contributed by atoms with Gasteiger partial charge in [0.25, 0.3) is 0 Å². The molecule has 8 N–H and O–H groups in total. The number of aliphatic hydroxyl groups excluding tert-OH is 8. The minimum atomic E-state index is -1.54. The zero-order valence-electron chi connectivity index (χ0n) is 26.8. The number of carbonyl (C=O) groups is 1. The van der Waals surface area contributed by atoms with Crippen LogP contribution in [-0.4, -0.2) is 146 Å². The highest BCUT2D eigenvalue weighted by Gasteiger charge is 2.47. The van der Waals surface area contributed by atoms with E-state index in [-0.39, 0.29) is 12.7 Å². The molecule has 2 aromatic carbocycles. The van der Waals surface area contributed by atoms with Crippen LogP contribution in [0.5, 0.6) is 0 Å². The van der Waals surface area contributed by atoms with Crippen LogP contribution in [0.2, 0.25) is 0 Å². The Morgan fingerprint density at radius 2 is 1.20 bits per heavy atom. The molecule has 3 saturated heterocycles. The van der Waals surface area contributed by atoms with Gasteiger partial charge in [0, 0.05) is 29.6 Å². The van der Waals surface area contributed by atoms with Gasteiger partial charge in [-0.05, 0) is 66.3 Å². The largest absolute Gasteiger partial charge is 0.450 e. The van der Waals surface area contributed by atoms with E-state index in [2.05, 4.69) is 23.7 Å². The summed E-state index contributed by atoms with van der Waals surface area (Å²) < 4.78 is 16.4. The number of piperidine rings is 1. The van der Waals surface area contributed by atoms with Crippen LogP contribution < -0.4 is 0 Å². The van der Waals surface area contributed by atoms with Gasteiger partial charge in [-0.1, -0.05) is 35.8 Å². The molecular weight excluding hydrogens is 638 g/mol. The second-order valence-electron chi connectivity index (χ2n) is 12.8. The lowest BCUT2D eigenvalue weighted by Crippen LogP contribution is -2.58. The Kier molecular flexibility index (Phi) is 10.3. The van der Waals surface area contributed by atoms with Crippen LogP contribution in [0.3, 0.4) is 0 Å². The summed E-state index contributed by atoms with van der Waals surface area (Å²) in [5.74, 6) is 11.7. The predicted molar refractivity (Wildman–Crippen MR) is 172 cm³/mol. The second kappa shape index (κ2) is 14.3. The molecule has 0 unspecified atom stereocenters. The smallest absolute Gasteiger partial charge is 0.409 e. The first-order valence-corrected chi connectivity index (χ1v) is 16.4. The number of fused-ring (bicyclic) bond motifs is 5. The van der Waals surface area contributed by atoms with Crippen molar-refractivity contribution in [2.45, 2.75) is 86.2 Å². The summed E-state index contributed by atoms with van der Waals surface area (Å²) in [5, 5.41) is 80.6. The third kappa shape index (κ3) is 6.44. The lowest BCUT2D eigenvalue weighted by Gasteiger charge is -2.40. The van der Waals surface area contributed by atoms with Crippen LogP contribution in [0.25, 0.3) is 11.1 Å². The molecular formula is C36H41NO12. The molecule has 1 amide bonds. The first kappa shape index (κ1) is 35.3. The van der Waals surface area contributed by atoms with Crippen molar-refractivity contribution < 1.29 is 59.9 Å². The fraction of sp³-hybridized carbons (Fsp3) is 0.528. The van der Waals surface area contributed by atoms with Crippen molar-refractivity contribution in [2.24, 2.45) is 0 Å². The molecule has 2 aromatic rings. The summed E-state index contributed by atoms with van der Waals surface area (Å²) in [4.78, 5) is 14.3. The summed E-state index contributed by atoms with van der Waals surface area (Å²) in [7, 11) is 0. The number of likely N-dealkylation sites (tertiary alicyclic amines) is 1. The highest BCUT2D eigenvalue weighted by molar-refractivity contribution is 5.83. The fourth-order valence-corrected chi connectivity index (χ4v) is 7.23. The molecule has 3 heterocycles. The number of hydrogen-bond donors (Lipinski definition) is 8. The maximum absolute atomic E-state index is 12.6. The van der Waals surface area contributed by atoms with Crippen molar-refractivity contribution in [2.75, 3.05) is 32.9 Å². The number of hydrogen-bond acceptors (Lipinski definition) is 12. The topological polar surface area (TPSA) is 210 Å². The lowest BCUT2D eigenvalue weighted by molar-refractivity contribution is -0.214. The average Bonchev–Trinajstić information content (AvgIpc) is 3.37. The van der Waals surface area contributed by atoms with Gasteiger partial charge in [-0.2, -0.15) is 0 Å². The van der Waals surface area contributed by atoms with Crippen LogP contribution in [0.15, 0.2) is 36.4 Å². The van der Waals surface area contributed by atoms with Gasteiger partial charge in [-0.3, -0.25) is 0 Å². The molecule has 4 aliphatic rings. The fourth-order valence-electron chi connectivity index (χ4n) is 7.23. The van der Waals surface area contributed by atoms with E-state index >= 15 is 0 Å². The first-order chi connectivity index (χ1) is 23.5. The molecule has 0 saturated carbocycles. The molecule has 6 rings (SSSR count). The molecule has 1 aliphatic carbocycles. The molecule has 0 bridgehead atoms. The molecule has 0 radical (unpaired) electrons. The minimum Gasteiger partial charge on any atom is -0.450 e. The van der Waals surface area contributed by atoms with Gasteiger partial charge in [-0.15, -0.1) is 0 Å². The normalized spacial score (nSPS) is 33.0. The van der Waals surface area contributed by atoms with E-state index in [0.717, 1.165) is 22.3 Å². The number of carbonyl (C=O) groups excluding carboxylic acids is 1. The van der Waals surface area contributed by atoms with Crippen LogP contribution in [0.1, 0.15) is 42.0 Å². The van der Waals surface area contributed by atoms with Crippen molar-refractivity contribution in [3.05, 3.63) is 58.7 Å². The summed E-state index contributed by atoms with van der Waals surface area (Å²) in [6.45, 7) is 1.77. The zero-order chi connectivity index (χ0) is 35.0. The lowest BCUT2D eigenvalue weighted by atomic mass is 9.70. The number of aliphatic hydroxyl groups is 8. The van der Waals surface area contributed by atoms with Gasteiger partial charge in [0.1, 0.15) is 61.0 Å². The van der Waals surface area contributed by atoms with E-state index in [4.69, 9.17) is 14.2 Å². The summed E-state index contributed by atoms with van der Waals surface area (Å²) in [6, 6.07) is 11.5. The third-order valence-corrected chi connectivity index (χ3v) is 10.0. The number of amides is 1. The van der Waals surface area contributed by atoms with E-state index < -0.39 is 79.7 Å². The number of nitrogens with zero attached hydrogens (tertiary/aromatic N) is 1. The van der Waals surface area contributed by atoms with Crippen molar-refractivity contribution in [1.82, 2.24) is 4.90 Å². The highest BCUT2D eigenvalue weighted by Crippen LogP contribution is 2.54. The monoisotopic (exact) mass is 679 g/mol. The Morgan fingerprint density at radius 1 is 0.755 bits per heavy atom. The number of ether oxygens (including phenoxy) is 3. The van der Waals surface area contributed by atoms with Gasteiger partial charge in [-0.25, -0.2) is 4.79 Å². The van der Waals surface area contributed by atoms with E-state index in [1.165, 1.54) is 0 Å². The average molecular weight is 680 g/mol. The Bertz CT molecular complexity index is 1560. The van der Waals surface area contributed by atoms with Crippen LogP contribution >= 0.6 is 0 Å². The second-order valence-corrected chi connectivity index (χ2v) is 12.8. The standard InChI is InChI=1S/C36H41NO12/c1-2-47-35(46)37-13-11-36(12-14-37)23-15-19(5-9-25-29(40)33(44)31(42)27(17-38)48-25)3-7-21(23)22-8-4-20(16-24(22)36)6-10-26-30(41)34(45)32(43)28(18-39)49-26/h3-4,7-8,15-16,25-34,38-45H,2,11-14,17-18H2,1H3/t25-,26-,27-,28-,29-,30-,31-,32-,33-,34-/m1/s1. The zero-order valence-corrected chi connectivity index (χ0v) is 26.8. The van der Waals surface area contributed by atoms with Crippen molar-refractivity contribution >= 4 is 6.09 Å². The van der Waals surface area contributed by atoms with Crippen LogP contribution in [-0.2, 0) is 19.6 Å². The molecule has 13 heteroatoms. The predicted octanol–water partition coefficient (Wildman–Crippen LogP) is -1.41. The number of benzene rings is 2. The maximum Gasteiger partial charge on any atom is 0.409 e. The van der Waals surface area contributed by atoms with Crippen molar-refractivity contribution in [3.8, 4) is 34.8 Å². The summed E-state index contributed by atoms with van der Waals surface area (Å²) in [6.07, 6.45) is -12.7. The van der Waals surface area contributed by atoms with Gasteiger partial charge < -0.3 is 60.0 Å². The van der Waals surface area contributed by atoms with Gasteiger partial charge >= 0.3 is 6.09 Å². The van der Waals surface area contributed by atoms with Crippen LogP contribution in [0, 0.1) is 23.7 Å². The Hall–Kier alpha value is -3.57. The van der Waals surface area contributed by atoms with E-state index in [1.807, 2.05) is 36.4 Å². The number of rotatable bonds is 3. The minimum absolute atomic E-state index is 0.263. The van der Waals surface area contributed by atoms with Gasteiger partial charge in [0.15, 0.2) is 0 Å². The molecule has 13 nitrogen and oxygen atoms in total. The van der Waals surface area contributed by atoms with Crippen molar-refractivity contribution in [3.63, 3.8) is 0 Å². The maximum atomic E-state index is 12.6. The Morgan fingerprint density at radius 3 is 1.61 bits per heavy atom. The Labute approximate surface area is 283 Å². The van der Waals surface area contributed by atoms with Gasteiger partial charge in [0.05, 0.1) is 19.8 Å². The molecule has 262 valence electrons. The van der Waals surface area contributed by atoms with Gasteiger partial charge in [0.2, 0.25) is 0 Å². The molecule has 3 fully saturated rings. The van der Waals surface area contributed by atoms with Crippen molar-refractivity contribution in [1.29, 1.82) is 0 Å². The third-order valence-electron chi connectivity index (χ3n) is 10.0. The highest BCUT2D eigenvalue weighted by atomic mass is 16.6. The summed E-state index contributed by atoms with van der Waals surface area (Å²) in [5.41, 5.74) is 4.63. The summed E-state index contributed by atoms with van der Waals surface area (Å²) >= 11 is 0. The van der Waals surface area contributed by atoms with E-state index in [1.54, 1.807) is 11.8 Å². The molecule has 3 aliphatic heterocycles. The SMILES string of the molecule is CCOC(=O)N1CCC2(CC1)c1cc(C#C[C@H]3O[C@H](CO)[C@@H](O)[C@H](O)[C@@H]3O)ccc1-c1ccc(C#C[C@H]3O[C@H](CO)[C@@H](O)[C@H](O)[C@@H]3O)cc12. The molecule has 1 spiro atoms. The first-order valence-electron chi connectivity index (χ1n) is 16.4. The Balaban J connectivity index is 1.34. The molecule has 0 aromatic heterocycles. The quantitative estimate of drug-likeness (QED) is 0.176. The van der Waals surface area contributed by atoms with E-state index in [9.17, 15) is 45.6 Å². The van der Waals surface area contributed by atoms with E-state index in [0.29, 0.717) is 37.1 Å². The molecule has 49 heavy (non-hydrogen) atoms. The molecule has 10 atom stereocenters.